The van der Waals surface area contributed by atoms with Crippen LogP contribution in [0.1, 0.15) is 63.5 Å². The molecule has 0 saturated heterocycles. The molecule has 2 atom stereocenters. The van der Waals surface area contributed by atoms with Crippen LogP contribution in [0.2, 0.25) is 9.88 Å². The van der Waals surface area contributed by atoms with Gasteiger partial charge in [-0.15, -0.1) is 0 Å². The summed E-state index contributed by atoms with van der Waals surface area (Å²) in [7, 11) is 0. The molecule has 0 amide bonds. The molecule has 0 spiro atoms. The Kier molecular flexibility index (Phi) is 7.23. The quantitative estimate of drug-likeness (QED) is 0.411. The zero-order valence-corrected chi connectivity index (χ0v) is 19.4. The van der Waals surface area contributed by atoms with Crippen molar-refractivity contribution in [2.45, 2.75) is 62.3 Å². The van der Waals surface area contributed by atoms with E-state index < -0.39 is 19.2 Å². The van der Waals surface area contributed by atoms with E-state index in [1.54, 1.807) is 0 Å². The molecule has 0 fully saturated rings. The van der Waals surface area contributed by atoms with Crippen molar-refractivity contribution < 1.29 is 6.15 Å². The van der Waals surface area contributed by atoms with Crippen LogP contribution in [0.4, 0.5) is 0 Å². The second-order valence-corrected chi connectivity index (χ2v) is 16.5. The Balaban J connectivity index is 2.24. The zero-order valence-electron chi connectivity index (χ0n) is 16.5. The van der Waals surface area contributed by atoms with E-state index in [1.807, 2.05) is 0 Å². The van der Waals surface area contributed by atoms with Gasteiger partial charge in [0.25, 0.3) is 0 Å². The fourth-order valence-electron chi connectivity index (χ4n) is 2.95. The van der Waals surface area contributed by atoms with E-state index in [-0.39, 0.29) is 0 Å². The molecule has 0 aliphatic heterocycles. The van der Waals surface area contributed by atoms with Crippen LogP contribution in [0.3, 0.4) is 0 Å². The van der Waals surface area contributed by atoms with Crippen molar-refractivity contribution in [1.82, 2.24) is 0 Å². The topological polar surface area (TPSA) is 18.5 Å². The maximum absolute atomic E-state index is 6.52. The summed E-state index contributed by atoms with van der Waals surface area (Å²) in [5.74, 6) is 2.98. The maximum atomic E-state index is 6.52. The average Bonchev–Trinajstić information content (AvgIpc) is 2.60. The molecule has 0 aromatic heterocycles. The summed E-state index contributed by atoms with van der Waals surface area (Å²) in [6.07, 6.45) is 2.21. The van der Waals surface area contributed by atoms with Crippen molar-refractivity contribution in [3.63, 3.8) is 0 Å². The van der Waals surface area contributed by atoms with Gasteiger partial charge in [-0.1, -0.05) is 0 Å². The molecule has 2 rings (SSSR count). The van der Waals surface area contributed by atoms with Crippen molar-refractivity contribution in [3.8, 4) is 11.5 Å². The molecule has 136 valence electrons. The number of benzene rings is 2. The van der Waals surface area contributed by atoms with E-state index in [0.29, 0.717) is 11.8 Å². The Bertz CT molecular complexity index is 624. The van der Waals surface area contributed by atoms with Crippen LogP contribution >= 0.6 is 0 Å². The monoisotopic (exact) mass is 448 g/mol. The van der Waals surface area contributed by atoms with Crippen LogP contribution in [0, 0.1) is 0 Å². The molecule has 2 nitrogen and oxygen atoms in total. The second kappa shape index (κ2) is 8.97. The molecule has 0 saturated carbocycles. The summed E-state index contributed by atoms with van der Waals surface area (Å²) < 4.78 is 13.0. The standard InChI is InChI=1S/2C10H14O.2CH3.Sn/c2*1-3-8(2)9-6-4-5-7-10(9)11;;;/h2*4-8,11H,3H2,1-2H3;2*1H3;/q;;;;+2/p-2. The van der Waals surface area contributed by atoms with Crippen molar-refractivity contribution in [2.24, 2.45) is 0 Å². The molecule has 0 aliphatic carbocycles. The SMILES string of the molecule is CCC(C)c1ccccc1[O][Sn]([CH3])([CH3])[O]c1ccccc1C(C)CC. The fourth-order valence-corrected chi connectivity index (χ4v) is 7.15. The predicted molar refractivity (Wildman–Crippen MR) is 109 cm³/mol. The van der Waals surface area contributed by atoms with Gasteiger partial charge in [0.05, 0.1) is 0 Å². The van der Waals surface area contributed by atoms with Crippen molar-refractivity contribution >= 4 is 19.2 Å². The van der Waals surface area contributed by atoms with Gasteiger partial charge in [0.2, 0.25) is 0 Å². The van der Waals surface area contributed by atoms with Gasteiger partial charge in [0.15, 0.2) is 0 Å². The van der Waals surface area contributed by atoms with Crippen molar-refractivity contribution in [1.29, 1.82) is 0 Å². The Morgan fingerprint density at radius 2 is 1.08 bits per heavy atom. The zero-order chi connectivity index (χ0) is 18.4. The van der Waals surface area contributed by atoms with E-state index in [2.05, 4.69) is 86.1 Å². The summed E-state index contributed by atoms with van der Waals surface area (Å²) in [6, 6.07) is 16.8. The number of hydrogen-bond acceptors (Lipinski definition) is 2. The summed E-state index contributed by atoms with van der Waals surface area (Å²) in [5.41, 5.74) is 2.57. The summed E-state index contributed by atoms with van der Waals surface area (Å²) >= 11 is -3.20. The first-order valence-electron chi connectivity index (χ1n) is 9.43. The third kappa shape index (κ3) is 5.40. The Hall–Kier alpha value is -1.16. The number of para-hydroxylation sites is 2. The Labute approximate surface area is 158 Å². The molecule has 0 aliphatic rings. The van der Waals surface area contributed by atoms with Crippen molar-refractivity contribution in [3.05, 3.63) is 59.7 Å². The summed E-state index contributed by atoms with van der Waals surface area (Å²) in [5, 5.41) is 0. The van der Waals surface area contributed by atoms with Crippen molar-refractivity contribution in [2.75, 3.05) is 0 Å². The van der Waals surface area contributed by atoms with E-state index >= 15 is 0 Å². The molecular formula is C22H32O2Sn. The van der Waals surface area contributed by atoms with Crippen LogP contribution in [-0.4, -0.2) is 19.2 Å². The molecule has 0 bridgehead atoms. The van der Waals surface area contributed by atoms with Gasteiger partial charge in [0.1, 0.15) is 0 Å². The first-order valence-corrected chi connectivity index (χ1v) is 17.5. The first-order chi connectivity index (χ1) is 11.9. The van der Waals surface area contributed by atoms with Gasteiger partial charge in [-0.2, -0.15) is 0 Å². The van der Waals surface area contributed by atoms with E-state index in [0.717, 1.165) is 24.3 Å². The molecular weight excluding hydrogens is 415 g/mol. The van der Waals surface area contributed by atoms with Crippen LogP contribution in [-0.2, 0) is 0 Å². The van der Waals surface area contributed by atoms with Crippen LogP contribution in [0.25, 0.3) is 0 Å². The molecule has 0 heterocycles. The van der Waals surface area contributed by atoms with E-state index in [4.69, 9.17) is 6.15 Å². The van der Waals surface area contributed by atoms with Crippen LogP contribution in [0.5, 0.6) is 11.5 Å². The molecule has 0 radical (unpaired) electrons. The van der Waals surface area contributed by atoms with Crippen LogP contribution < -0.4 is 6.15 Å². The molecule has 2 aromatic rings. The molecule has 25 heavy (non-hydrogen) atoms. The first kappa shape index (κ1) is 20.2. The molecule has 2 aromatic carbocycles. The third-order valence-corrected chi connectivity index (χ3v) is 8.90. The normalized spacial score (nSPS) is 14.0. The summed E-state index contributed by atoms with van der Waals surface area (Å²) in [4.78, 5) is 4.38. The average molecular weight is 447 g/mol. The number of rotatable bonds is 8. The van der Waals surface area contributed by atoms with Gasteiger partial charge >= 0.3 is 159 Å². The van der Waals surface area contributed by atoms with Gasteiger partial charge < -0.3 is 0 Å². The third-order valence-electron chi connectivity index (χ3n) is 4.84. The second-order valence-electron chi connectivity index (χ2n) is 7.30. The molecule has 2 unspecified atom stereocenters. The Morgan fingerprint density at radius 3 is 1.44 bits per heavy atom. The van der Waals surface area contributed by atoms with E-state index in [1.165, 1.54) is 11.1 Å². The minimum absolute atomic E-state index is 0.491. The van der Waals surface area contributed by atoms with E-state index in [9.17, 15) is 0 Å². The number of hydrogen-bond donors (Lipinski definition) is 0. The molecule has 3 heteroatoms. The fraction of sp³-hybridized carbons (Fsp3) is 0.455. The van der Waals surface area contributed by atoms with Gasteiger partial charge in [-0.05, 0) is 0 Å². The van der Waals surface area contributed by atoms with Gasteiger partial charge in [0, 0.05) is 0 Å². The predicted octanol–water partition coefficient (Wildman–Crippen LogP) is 6.87. The molecule has 0 N–H and O–H groups in total. The van der Waals surface area contributed by atoms with Gasteiger partial charge in [-0.3, -0.25) is 0 Å². The Morgan fingerprint density at radius 1 is 0.720 bits per heavy atom. The minimum atomic E-state index is -3.20. The van der Waals surface area contributed by atoms with Gasteiger partial charge in [-0.25, -0.2) is 0 Å². The van der Waals surface area contributed by atoms with Crippen LogP contribution in [0.15, 0.2) is 48.5 Å². The summed E-state index contributed by atoms with van der Waals surface area (Å²) in [6.45, 7) is 8.94.